The van der Waals surface area contributed by atoms with Crippen LogP contribution in [-0.4, -0.2) is 23.3 Å². The van der Waals surface area contributed by atoms with Crippen molar-refractivity contribution in [3.05, 3.63) is 78.9 Å². The van der Waals surface area contributed by atoms with Gasteiger partial charge in [-0.1, -0.05) is 37.9 Å². The maximum Gasteiger partial charge on any atom is 0.338 e. The molecule has 2 aromatic rings. The minimum absolute atomic E-state index is 0.0770. The van der Waals surface area contributed by atoms with Crippen molar-refractivity contribution in [1.82, 2.24) is 0 Å². The highest BCUT2D eigenvalue weighted by Crippen LogP contribution is 2.34. The predicted molar refractivity (Wildman–Crippen MR) is 114 cm³/mol. The van der Waals surface area contributed by atoms with Crippen LogP contribution in [0.4, 0.5) is 0 Å². The smallest absolute Gasteiger partial charge is 0.338 e. The third-order valence-corrected chi connectivity index (χ3v) is 3.90. The van der Waals surface area contributed by atoms with Crippen LogP contribution >= 0.6 is 0 Å². The molecule has 0 radical (unpaired) electrons. The predicted octanol–water partition coefficient (Wildman–Crippen LogP) is 4.59. The molecule has 0 spiro atoms. The van der Waals surface area contributed by atoms with Crippen LogP contribution in [0.2, 0.25) is 0 Å². The van der Waals surface area contributed by atoms with Gasteiger partial charge in [-0.25, -0.2) is 9.59 Å². The van der Waals surface area contributed by atoms with E-state index in [4.69, 9.17) is 14.2 Å². The molecule has 1 N–H and O–H groups in total. The molecule has 0 amide bonds. The highest BCUT2D eigenvalue weighted by Gasteiger charge is 2.16. The Morgan fingerprint density at radius 3 is 1.80 bits per heavy atom. The van der Waals surface area contributed by atoms with Gasteiger partial charge in [0.05, 0.1) is 0 Å². The lowest BCUT2D eigenvalue weighted by Gasteiger charge is -2.14. The second kappa shape index (κ2) is 9.71. The van der Waals surface area contributed by atoms with Gasteiger partial charge >= 0.3 is 11.9 Å². The molecule has 0 fully saturated rings. The lowest BCUT2D eigenvalue weighted by molar-refractivity contribution is -0.132. The zero-order valence-electron chi connectivity index (χ0n) is 17.2. The van der Waals surface area contributed by atoms with E-state index in [1.165, 1.54) is 19.9 Å². The van der Waals surface area contributed by atoms with Crippen LogP contribution in [0.3, 0.4) is 0 Å². The number of aliphatic hydroxyl groups is 1. The number of hydrogen-bond donors (Lipinski definition) is 1. The molecular weight excluding hydrogens is 384 g/mol. The first-order chi connectivity index (χ1) is 14.1. The average Bonchev–Trinajstić information content (AvgIpc) is 2.69. The standard InChI is InChI=1S/C24H24O6/c1-14(2)22(25)28-19-10-7-17(8-11-19)18-9-12-20(29-23(26)15(3)4)21(13-18)30-24(27)16(5)6/h7-13,22,25H,1,3,5H2,2,4,6H3. The highest BCUT2D eigenvalue weighted by molar-refractivity contribution is 5.91. The molecule has 1 unspecified atom stereocenters. The Kier molecular flexibility index (Phi) is 7.33. The molecule has 6 nitrogen and oxygen atoms in total. The summed E-state index contributed by atoms with van der Waals surface area (Å²) in [5, 5.41) is 9.75. The average molecular weight is 408 g/mol. The number of hydrogen-bond acceptors (Lipinski definition) is 6. The molecule has 0 saturated heterocycles. The van der Waals surface area contributed by atoms with Gasteiger partial charge in [0.2, 0.25) is 6.29 Å². The van der Waals surface area contributed by atoms with Gasteiger partial charge in [-0.3, -0.25) is 0 Å². The summed E-state index contributed by atoms with van der Waals surface area (Å²) in [6.07, 6.45) is -1.09. The van der Waals surface area contributed by atoms with Crippen LogP contribution in [0, 0.1) is 0 Å². The van der Waals surface area contributed by atoms with Gasteiger partial charge in [-0.2, -0.15) is 0 Å². The third kappa shape index (κ3) is 5.93. The van der Waals surface area contributed by atoms with Crippen molar-refractivity contribution in [2.75, 3.05) is 0 Å². The molecule has 156 valence electrons. The van der Waals surface area contributed by atoms with Gasteiger partial charge in [0.1, 0.15) is 5.75 Å². The SMILES string of the molecule is C=C(C)C(=O)Oc1ccc(-c2ccc(OC(O)C(=C)C)cc2)cc1OC(=O)C(=C)C. The molecule has 6 heteroatoms. The van der Waals surface area contributed by atoms with Crippen LogP contribution in [0.25, 0.3) is 11.1 Å². The van der Waals surface area contributed by atoms with Crippen LogP contribution in [0.1, 0.15) is 20.8 Å². The fourth-order valence-corrected chi connectivity index (χ4v) is 2.18. The molecule has 0 saturated carbocycles. The lowest BCUT2D eigenvalue weighted by atomic mass is 10.0. The highest BCUT2D eigenvalue weighted by atomic mass is 16.6. The molecule has 30 heavy (non-hydrogen) atoms. The fourth-order valence-electron chi connectivity index (χ4n) is 2.18. The minimum Gasteiger partial charge on any atom is -0.461 e. The van der Waals surface area contributed by atoms with E-state index in [1.54, 1.807) is 43.3 Å². The first-order valence-corrected chi connectivity index (χ1v) is 9.08. The van der Waals surface area contributed by atoms with Crippen molar-refractivity contribution in [1.29, 1.82) is 0 Å². The van der Waals surface area contributed by atoms with E-state index >= 15 is 0 Å². The van der Waals surface area contributed by atoms with Crippen LogP contribution in [0.5, 0.6) is 17.2 Å². The largest absolute Gasteiger partial charge is 0.461 e. The van der Waals surface area contributed by atoms with E-state index < -0.39 is 18.2 Å². The van der Waals surface area contributed by atoms with Crippen LogP contribution in [0.15, 0.2) is 78.9 Å². The van der Waals surface area contributed by atoms with E-state index in [9.17, 15) is 14.7 Å². The Hall–Kier alpha value is -3.64. The topological polar surface area (TPSA) is 82.1 Å². The van der Waals surface area contributed by atoms with E-state index in [-0.39, 0.29) is 22.6 Å². The second-order valence-corrected chi connectivity index (χ2v) is 6.84. The molecule has 1 atom stereocenters. The minimum atomic E-state index is -1.09. The molecule has 2 aromatic carbocycles. The Bertz CT molecular complexity index is 1000. The van der Waals surface area contributed by atoms with E-state index in [0.717, 1.165) is 5.56 Å². The van der Waals surface area contributed by atoms with E-state index in [1.807, 2.05) is 0 Å². The summed E-state index contributed by atoms with van der Waals surface area (Å²) in [6.45, 7) is 15.4. The van der Waals surface area contributed by atoms with Crippen LogP contribution < -0.4 is 14.2 Å². The zero-order valence-corrected chi connectivity index (χ0v) is 17.2. The normalized spacial score (nSPS) is 11.2. The van der Waals surface area contributed by atoms with Gasteiger partial charge in [0, 0.05) is 11.1 Å². The number of benzene rings is 2. The van der Waals surface area contributed by atoms with Gasteiger partial charge in [0.25, 0.3) is 0 Å². The van der Waals surface area contributed by atoms with E-state index in [0.29, 0.717) is 16.9 Å². The molecule has 0 aliphatic heterocycles. The van der Waals surface area contributed by atoms with Gasteiger partial charge < -0.3 is 19.3 Å². The summed E-state index contributed by atoms with van der Waals surface area (Å²) in [6, 6.07) is 11.8. The molecule has 2 rings (SSSR count). The maximum absolute atomic E-state index is 12.0. The molecule has 0 aromatic heterocycles. The van der Waals surface area contributed by atoms with Gasteiger partial charge in [-0.05, 0) is 61.7 Å². The quantitative estimate of drug-likeness (QED) is 0.226. The number of ether oxygens (including phenoxy) is 3. The molecule has 0 aliphatic carbocycles. The first-order valence-electron chi connectivity index (χ1n) is 9.08. The summed E-state index contributed by atoms with van der Waals surface area (Å²) < 4.78 is 16.0. The van der Waals surface area contributed by atoms with Gasteiger partial charge in [-0.15, -0.1) is 0 Å². The van der Waals surface area contributed by atoms with Gasteiger partial charge in [0.15, 0.2) is 11.5 Å². The summed E-state index contributed by atoms with van der Waals surface area (Å²) in [5.74, 6) is -0.639. The van der Waals surface area contributed by atoms with Crippen molar-refractivity contribution in [2.24, 2.45) is 0 Å². The number of carbonyl (C=O) groups is 2. The van der Waals surface area contributed by atoms with Crippen molar-refractivity contribution in [2.45, 2.75) is 27.1 Å². The second-order valence-electron chi connectivity index (χ2n) is 6.84. The summed E-state index contributed by atoms with van der Waals surface area (Å²) in [7, 11) is 0. The Balaban J connectivity index is 2.35. The third-order valence-electron chi connectivity index (χ3n) is 3.90. The monoisotopic (exact) mass is 408 g/mol. The van der Waals surface area contributed by atoms with Crippen LogP contribution in [-0.2, 0) is 9.59 Å². The Labute approximate surface area is 175 Å². The first kappa shape index (κ1) is 22.6. The number of carbonyl (C=O) groups excluding carboxylic acids is 2. The number of esters is 2. The number of rotatable bonds is 8. The van der Waals surface area contributed by atoms with Crippen molar-refractivity contribution in [3.63, 3.8) is 0 Å². The summed E-state index contributed by atoms with van der Waals surface area (Å²) >= 11 is 0. The lowest BCUT2D eigenvalue weighted by Crippen LogP contribution is -2.15. The Morgan fingerprint density at radius 1 is 0.800 bits per heavy atom. The van der Waals surface area contributed by atoms with Crippen molar-refractivity contribution < 1.29 is 28.9 Å². The molecule has 0 bridgehead atoms. The fraction of sp³-hybridized carbons (Fsp3) is 0.167. The molecule has 0 aliphatic rings. The number of aliphatic hydroxyl groups excluding tert-OH is 1. The molecular formula is C24H24O6. The van der Waals surface area contributed by atoms with Crippen molar-refractivity contribution >= 4 is 11.9 Å². The van der Waals surface area contributed by atoms with Crippen molar-refractivity contribution in [3.8, 4) is 28.4 Å². The summed E-state index contributed by atoms with van der Waals surface area (Å²) in [4.78, 5) is 23.9. The maximum atomic E-state index is 12.0. The van der Waals surface area contributed by atoms with E-state index in [2.05, 4.69) is 19.7 Å². The Morgan fingerprint density at radius 2 is 1.30 bits per heavy atom. The molecule has 0 heterocycles. The summed E-state index contributed by atoms with van der Waals surface area (Å²) in [5.41, 5.74) is 2.40. The zero-order chi connectivity index (χ0) is 22.4.